The van der Waals surface area contributed by atoms with E-state index in [1.54, 1.807) is 19.2 Å². The van der Waals surface area contributed by atoms with Crippen molar-refractivity contribution in [2.45, 2.75) is 64.3 Å². The van der Waals surface area contributed by atoms with Crippen molar-refractivity contribution in [2.75, 3.05) is 11.9 Å². The van der Waals surface area contributed by atoms with Gasteiger partial charge < -0.3 is 31.3 Å². The number of para-hydroxylation sites is 1. The number of hydrogen-bond acceptors (Lipinski definition) is 6. The third-order valence-corrected chi connectivity index (χ3v) is 7.42. The van der Waals surface area contributed by atoms with Crippen LogP contribution >= 0.6 is 0 Å². The first kappa shape index (κ1) is 37.0. The summed E-state index contributed by atoms with van der Waals surface area (Å²) in [4.78, 5) is 66.1. The standard InChI is InChI=1S/C37H45N5O6/c1-26(2)23-31(41-37(47)48-25-28-15-9-5-10-16-28)36(46)40-32(24-27-13-7-4-8-14-27)35(45)39-29(19-21-33(38)43)20-22-34(44)42(3)30-17-11-6-12-18-30/h4-18,20,22,26,29,31-32H,19,21,23-25H2,1-3H3,(H2,38,43)(H,39,45)(H,40,46)(H,41,47)/b22-20+/t29-,31-,32-/m0/s1. The Morgan fingerprint density at radius 3 is 1.92 bits per heavy atom. The third kappa shape index (κ3) is 13.1. The Labute approximate surface area is 281 Å². The van der Waals surface area contributed by atoms with Crippen LogP contribution in [-0.4, -0.2) is 54.9 Å². The highest BCUT2D eigenvalue weighted by Gasteiger charge is 2.29. The fourth-order valence-corrected chi connectivity index (χ4v) is 4.83. The molecule has 11 heteroatoms. The summed E-state index contributed by atoms with van der Waals surface area (Å²) in [6.07, 6.45) is 2.62. The molecule has 3 rings (SSSR count). The van der Waals surface area contributed by atoms with E-state index >= 15 is 0 Å². The molecule has 0 aliphatic rings. The molecule has 0 aromatic heterocycles. The molecule has 11 nitrogen and oxygen atoms in total. The van der Waals surface area contributed by atoms with Crippen molar-refractivity contribution < 1.29 is 28.7 Å². The minimum Gasteiger partial charge on any atom is -0.445 e. The van der Waals surface area contributed by atoms with Gasteiger partial charge in [-0.1, -0.05) is 98.8 Å². The number of ether oxygens (including phenoxy) is 1. The number of amides is 5. The smallest absolute Gasteiger partial charge is 0.408 e. The van der Waals surface area contributed by atoms with Gasteiger partial charge in [-0.2, -0.15) is 0 Å². The molecule has 0 saturated heterocycles. The van der Waals surface area contributed by atoms with Crippen LogP contribution < -0.4 is 26.6 Å². The third-order valence-electron chi connectivity index (χ3n) is 7.42. The van der Waals surface area contributed by atoms with Crippen molar-refractivity contribution in [1.82, 2.24) is 16.0 Å². The van der Waals surface area contributed by atoms with Crippen LogP contribution in [0.5, 0.6) is 0 Å². The maximum absolute atomic E-state index is 13.8. The summed E-state index contributed by atoms with van der Waals surface area (Å²) in [7, 11) is 1.63. The average molecular weight is 656 g/mol. The molecule has 0 spiro atoms. The summed E-state index contributed by atoms with van der Waals surface area (Å²) in [5.74, 6) is -1.96. The first-order valence-electron chi connectivity index (χ1n) is 15.9. The van der Waals surface area contributed by atoms with Gasteiger partial charge in [0.2, 0.25) is 23.6 Å². The molecule has 0 fully saturated rings. The lowest BCUT2D eigenvalue weighted by Gasteiger charge is -2.25. The number of nitrogens with zero attached hydrogens (tertiary/aromatic N) is 1. The van der Waals surface area contributed by atoms with Gasteiger partial charge in [-0.05, 0) is 42.0 Å². The number of nitrogens with two attached hydrogens (primary N) is 1. The molecule has 48 heavy (non-hydrogen) atoms. The molecular weight excluding hydrogens is 610 g/mol. The van der Waals surface area contributed by atoms with Crippen LogP contribution in [0.3, 0.4) is 0 Å². The minimum absolute atomic E-state index is 0.0333. The largest absolute Gasteiger partial charge is 0.445 e. The Balaban J connectivity index is 1.77. The number of carbonyl (C=O) groups is 5. The highest BCUT2D eigenvalue weighted by Crippen LogP contribution is 2.13. The Hall–Kier alpha value is -5.45. The van der Waals surface area contributed by atoms with Gasteiger partial charge in [0.1, 0.15) is 18.7 Å². The lowest BCUT2D eigenvalue weighted by molar-refractivity contribution is -0.130. The Kier molecular flexibility index (Phi) is 14.9. The molecule has 0 radical (unpaired) electrons. The zero-order valence-electron chi connectivity index (χ0n) is 27.6. The molecule has 0 aliphatic carbocycles. The van der Waals surface area contributed by atoms with Crippen molar-refractivity contribution in [2.24, 2.45) is 11.7 Å². The Bertz CT molecular complexity index is 1510. The minimum atomic E-state index is -1.05. The topological polar surface area (TPSA) is 160 Å². The zero-order chi connectivity index (χ0) is 34.9. The molecule has 0 unspecified atom stereocenters. The first-order chi connectivity index (χ1) is 23.0. The van der Waals surface area contributed by atoms with Crippen molar-refractivity contribution in [3.8, 4) is 0 Å². The van der Waals surface area contributed by atoms with Crippen LogP contribution in [0.4, 0.5) is 10.5 Å². The summed E-state index contributed by atoms with van der Waals surface area (Å²) in [6.45, 7) is 3.86. The first-order valence-corrected chi connectivity index (χ1v) is 15.9. The predicted molar refractivity (Wildman–Crippen MR) is 184 cm³/mol. The number of benzene rings is 3. The van der Waals surface area contributed by atoms with Crippen molar-refractivity contribution in [3.63, 3.8) is 0 Å². The molecule has 0 heterocycles. The monoisotopic (exact) mass is 655 g/mol. The van der Waals surface area contributed by atoms with Gasteiger partial charge >= 0.3 is 6.09 Å². The van der Waals surface area contributed by atoms with Crippen molar-refractivity contribution in [3.05, 3.63) is 114 Å². The Morgan fingerprint density at radius 1 is 0.771 bits per heavy atom. The summed E-state index contributed by atoms with van der Waals surface area (Å²) in [6, 6.07) is 24.6. The molecule has 0 bridgehead atoms. The molecule has 3 aromatic carbocycles. The van der Waals surface area contributed by atoms with Gasteiger partial charge in [-0.3, -0.25) is 19.2 Å². The SMILES string of the molecule is CC(C)C[C@H](NC(=O)OCc1ccccc1)C(=O)N[C@@H](Cc1ccccc1)C(=O)N[C@H](/C=C/C(=O)N(C)c1ccccc1)CCC(N)=O. The number of hydrogen-bond donors (Lipinski definition) is 4. The molecule has 3 atom stereocenters. The van der Waals surface area contributed by atoms with Gasteiger partial charge in [0.05, 0.1) is 0 Å². The quantitative estimate of drug-likeness (QED) is 0.161. The molecule has 5 amide bonds. The highest BCUT2D eigenvalue weighted by molar-refractivity contribution is 6.01. The molecule has 5 N–H and O–H groups in total. The lowest BCUT2D eigenvalue weighted by atomic mass is 10.0. The van der Waals surface area contributed by atoms with Gasteiger partial charge in [0.25, 0.3) is 0 Å². The summed E-state index contributed by atoms with van der Waals surface area (Å²) >= 11 is 0. The van der Waals surface area contributed by atoms with Crippen LogP contribution in [0.2, 0.25) is 0 Å². The van der Waals surface area contributed by atoms with Crippen LogP contribution in [0, 0.1) is 5.92 Å². The van der Waals surface area contributed by atoms with E-state index in [4.69, 9.17) is 10.5 Å². The zero-order valence-corrected chi connectivity index (χ0v) is 27.6. The van der Waals surface area contributed by atoms with Gasteiger partial charge in [0.15, 0.2) is 0 Å². The maximum Gasteiger partial charge on any atom is 0.408 e. The highest BCUT2D eigenvalue weighted by atomic mass is 16.5. The summed E-state index contributed by atoms with van der Waals surface area (Å²) in [5.41, 5.74) is 7.66. The fraction of sp³-hybridized carbons (Fsp3) is 0.324. The van der Waals surface area contributed by atoms with E-state index in [1.165, 1.54) is 17.1 Å². The summed E-state index contributed by atoms with van der Waals surface area (Å²) in [5, 5.41) is 8.32. The van der Waals surface area contributed by atoms with E-state index in [0.29, 0.717) is 12.1 Å². The second-order valence-electron chi connectivity index (χ2n) is 11.9. The number of likely N-dealkylation sites (N-methyl/N-ethyl adjacent to an activating group) is 1. The van der Waals surface area contributed by atoms with E-state index in [2.05, 4.69) is 16.0 Å². The van der Waals surface area contributed by atoms with Gasteiger partial charge in [-0.25, -0.2) is 4.79 Å². The van der Waals surface area contributed by atoms with E-state index < -0.39 is 41.9 Å². The van der Waals surface area contributed by atoms with E-state index in [-0.39, 0.29) is 37.7 Å². The molecule has 0 saturated carbocycles. The maximum atomic E-state index is 13.8. The second-order valence-corrected chi connectivity index (χ2v) is 11.9. The van der Waals surface area contributed by atoms with E-state index in [0.717, 1.165) is 11.1 Å². The van der Waals surface area contributed by atoms with Crippen molar-refractivity contribution >= 4 is 35.4 Å². The van der Waals surface area contributed by atoms with Crippen molar-refractivity contribution in [1.29, 1.82) is 0 Å². The number of rotatable bonds is 17. The number of primary amides is 1. The van der Waals surface area contributed by atoms with Crippen LogP contribution in [0.1, 0.15) is 44.2 Å². The van der Waals surface area contributed by atoms with Crippen LogP contribution in [-0.2, 0) is 36.9 Å². The van der Waals surface area contributed by atoms with Crippen LogP contribution in [0.15, 0.2) is 103 Å². The normalized spacial score (nSPS) is 12.8. The predicted octanol–water partition coefficient (Wildman–Crippen LogP) is 4.02. The molecule has 254 valence electrons. The molecular formula is C37H45N5O6. The number of nitrogens with one attached hydrogen (secondary N) is 3. The van der Waals surface area contributed by atoms with E-state index in [1.807, 2.05) is 92.7 Å². The fourth-order valence-electron chi connectivity index (χ4n) is 4.83. The number of alkyl carbamates (subject to hydrolysis) is 1. The van der Waals surface area contributed by atoms with Gasteiger partial charge in [0, 0.05) is 37.7 Å². The molecule has 3 aromatic rings. The average Bonchev–Trinajstić information content (AvgIpc) is 3.08. The Morgan fingerprint density at radius 2 is 1.33 bits per heavy atom. The van der Waals surface area contributed by atoms with Gasteiger partial charge in [-0.15, -0.1) is 0 Å². The second kappa shape index (κ2) is 19.3. The number of anilines is 1. The number of carbonyl (C=O) groups excluding carboxylic acids is 5. The van der Waals surface area contributed by atoms with Crippen LogP contribution in [0.25, 0.3) is 0 Å². The summed E-state index contributed by atoms with van der Waals surface area (Å²) < 4.78 is 5.34. The molecule has 0 aliphatic heterocycles. The van der Waals surface area contributed by atoms with E-state index in [9.17, 15) is 24.0 Å². The lowest BCUT2D eigenvalue weighted by Crippen LogP contribution is -2.55.